The van der Waals surface area contributed by atoms with Crippen molar-refractivity contribution in [1.82, 2.24) is 0 Å². The van der Waals surface area contributed by atoms with Crippen molar-refractivity contribution in [2.24, 2.45) is 0 Å². The van der Waals surface area contributed by atoms with Crippen LogP contribution in [0.1, 0.15) is 13.8 Å². The molecule has 0 rings (SSSR count). The predicted octanol–water partition coefficient (Wildman–Crippen LogP) is 0.908. The lowest BCUT2D eigenvalue weighted by molar-refractivity contribution is -0.300. The lowest BCUT2D eigenvalue weighted by Gasteiger charge is -2.09. The summed E-state index contributed by atoms with van der Waals surface area (Å²) >= 11 is 0. The third kappa shape index (κ3) is 9.49. The maximum absolute atomic E-state index is 9.19. The fourth-order valence-electron chi connectivity index (χ4n) is 0.571. The largest absolute Gasteiger partial charge is 0.388 e. The van der Waals surface area contributed by atoms with E-state index < -0.39 is 6.10 Å². The molecule has 0 aliphatic carbocycles. The van der Waals surface area contributed by atoms with Gasteiger partial charge in [0, 0.05) is 6.61 Å². The molecule has 4 heteroatoms. The zero-order chi connectivity index (χ0) is 10.1. The van der Waals surface area contributed by atoms with Gasteiger partial charge in [0.25, 0.3) is 0 Å². The van der Waals surface area contributed by atoms with E-state index in [9.17, 15) is 5.11 Å². The number of rotatable bonds is 8. The van der Waals surface area contributed by atoms with E-state index in [-0.39, 0.29) is 13.2 Å². The maximum Gasteiger partial charge on any atom is 0.110 e. The highest BCUT2D eigenvalue weighted by Gasteiger charge is 2.03. The highest BCUT2D eigenvalue weighted by Crippen LogP contribution is 1.92. The minimum Gasteiger partial charge on any atom is -0.388 e. The molecule has 1 N–H and O–H groups in total. The second-order valence-corrected chi connectivity index (χ2v) is 2.82. The highest BCUT2D eigenvalue weighted by molar-refractivity contribution is 4.86. The van der Waals surface area contributed by atoms with Crippen molar-refractivity contribution in [3.8, 4) is 0 Å². The number of aliphatic hydroxyl groups is 1. The van der Waals surface area contributed by atoms with Gasteiger partial charge in [0.05, 0.1) is 6.61 Å². The summed E-state index contributed by atoms with van der Waals surface area (Å²) in [6, 6.07) is 0. The zero-order valence-corrected chi connectivity index (χ0v) is 8.28. The van der Waals surface area contributed by atoms with Gasteiger partial charge in [0.1, 0.15) is 19.3 Å². The van der Waals surface area contributed by atoms with Gasteiger partial charge in [-0.1, -0.05) is 12.2 Å². The van der Waals surface area contributed by atoms with Crippen molar-refractivity contribution in [2.75, 3.05) is 26.4 Å². The van der Waals surface area contributed by atoms with Crippen LogP contribution in [0.3, 0.4) is 0 Å². The van der Waals surface area contributed by atoms with Crippen molar-refractivity contribution in [3.63, 3.8) is 0 Å². The molecule has 0 radical (unpaired) electrons. The second kappa shape index (κ2) is 8.19. The summed E-state index contributed by atoms with van der Waals surface area (Å²) in [7, 11) is 0. The third-order valence-electron chi connectivity index (χ3n) is 1.16. The molecule has 0 bridgehead atoms. The van der Waals surface area contributed by atoms with E-state index >= 15 is 0 Å². The van der Waals surface area contributed by atoms with E-state index in [2.05, 4.69) is 6.58 Å². The molecule has 0 aromatic carbocycles. The Bertz CT molecular complexity index is 136. The van der Waals surface area contributed by atoms with E-state index in [1.165, 1.54) is 0 Å². The fraction of sp³-hybridized carbons (Fsp3) is 0.778. The van der Waals surface area contributed by atoms with E-state index in [1.54, 1.807) is 0 Å². The Morgan fingerprint density at radius 1 is 1.38 bits per heavy atom. The Labute approximate surface area is 79.0 Å². The molecule has 1 atom stereocenters. The number of hydrogen-bond acceptors (Lipinski definition) is 4. The smallest absolute Gasteiger partial charge is 0.110 e. The summed E-state index contributed by atoms with van der Waals surface area (Å²) in [6.45, 7) is 8.65. The van der Waals surface area contributed by atoms with Crippen LogP contribution in [0.5, 0.6) is 0 Å². The Kier molecular flexibility index (Phi) is 7.93. The molecular weight excluding hydrogens is 172 g/mol. The number of aliphatic hydroxyl groups excluding tert-OH is 1. The molecule has 0 saturated heterocycles. The van der Waals surface area contributed by atoms with Crippen molar-refractivity contribution in [3.05, 3.63) is 12.2 Å². The lowest BCUT2D eigenvalue weighted by Crippen LogP contribution is -2.22. The Morgan fingerprint density at radius 3 is 2.62 bits per heavy atom. The van der Waals surface area contributed by atoms with Crippen LogP contribution < -0.4 is 0 Å². The first-order valence-electron chi connectivity index (χ1n) is 4.31. The van der Waals surface area contributed by atoms with Gasteiger partial charge in [-0.25, -0.2) is 9.78 Å². The van der Waals surface area contributed by atoms with Crippen molar-refractivity contribution < 1.29 is 19.6 Å². The van der Waals surface area contributed by atoms with Gasteiger partial charge in [-0.2, -0.15) is 0 Å². The minimum atomic E-state index is -0.634. The predicted molar refractivity (Wildman–Crippen MR) is 49.2 cm³/mol. The minimum absolute atomic E-state index is 0.118. The Hall–Kier alpha value is -0.420. The van der Waals surface area contributed by atoms with Crippen LogP contribution in [0, 0.1) is 0 Å². The molecule has 0 amide bonds. The molecule has 0 spiro atoms. The van der Waals surface area contributed by atoms with Crippen LogP contribution in [-0.4, -0.2) is 37.6 Å². The van der Waals surface area contributed by atoms with Gasteiger partial charge >= 0.3 is 0 Å². The monoisotopic (exact) mass is 190 g/mol. The van der Waals surface area contributed by atoms with Crippen LogP contribution in [0.4, 0.5) is 0 Å². The summed E-state index contributed by atoms with van der Waals surface area (Å²) in [6.07, 6.45) is -0.634. The molecule has 0 aromatic heterocycles. The zero-order valence-electron chi connectivity index (χ0n) is 8.28. The van der Waals surface area contributed by atoms with Gasteiger partial charge in [-0.3, -0.25) is 0 Å². The first-order chi connectivity index (χ1) is 6.16. The van der Waals surface area contributed by atoms with Gasteiger partial charge < -0.3 is 9.84 Å². The SMILES string of the molecule is C=C(C)COOCC(O)COCC. The summed E-state index contributed by atoms with van der Waals surface area (Å²) in [5, 5.41) is 9.19. The first kappa shape index (κ1) is 12.6. The van der Waals surface area contributed by atoms with Gasteiger partial charge in [-0.05, 0) is 13.8 Å². The van der Waals surface area contributed by atoms with Gasteiger partial charge in [-0.15, -0.1) is 0 Å². The maximum atomic E-state index is 9.19. The summed E-state index contributed by atoms with van der Waals surface area (Å²) in [5.74, 6) is 0. The standard InChI is InChI=1S/C9H18O4/c1-4-11-6-9(10)7-13-12-5-8(2)3/h9-10H,2,4-7H2,1,3H3. The molecule has 13 heavy (non-hydrogen) atoms. The average Bonchev–Trinajstić information content (AvgIpc) is 2.08. The number of ether oxygens (including phenoxy) is 1. The van der Waals surface area contributed by atoms with Crippen LogP contribution in [-0.2, 0) is 14.5 Å². The molecule has 0 aromatic rings. The average molecular weight is 190 g/mol. The van der Waals surface area contributed by atoms with Crippen molar-refractivity contribution >= 4 is 0 Å². The Morgan fingerprint density at radius 2 is 2.08 bits per heavy atom. The summed E-state index contributed by atoms with van der Waals surface area (Å²) in [5.41, 5.74) is 0.874. The number of hydrogen-bond donors (Lipinski definition) is 1. The van der Waals surface area contributed by atoms with Crippen molar-refractivity contribution in [2.45, 2.75) is 20.0 Å². The Balaban J connectivity index is 3.16. The molecule has 0 saturated carbocycles. The molecule has 0 aliphatic rings. The van der Waals surface area contributed by atoms with Crippen LogP contribution in [0.15, 0.2) is 12.2 Å². The lowest BCUT2D eigenvalue weighted by atomic mass is 10.4. The van der Waals surface area contributed by atoms with E-state index in [1.807, 2.05) is 13.8 Å². The van der Waals surface area contributed by atoms with E-state index in [4.69, 9.17) is 14.5 Å². The normalized spacial score (nSPS) is 12.8. The molecule has 1 unspecified atom stereocenters. The highest BCUT2D eigenvalue weighted by atomic mass is 17.2. The molecule has 78 valence electrons. The summed E-state index contributed by atoms with van der Waals surface area (Å²) < 4.78 is 4.97. The molecular formula is C9H18O4. The molecule has 4 nitrogen and oxygen atoms in total. The summed E-state index contributed by atoms with van der Waals surface area (Å²) in [4.78, 5) is 9.44. The van der Waals surface area contributed by atoms with Crippen molar-refractivity contribution in [1.29, 1.82) is 0 Å². The van der Waals surface area contributed by atoms with Crippen LogP contribution in [0.25, 0.3) is 0 Å². The van der Waals surface area contributed by atoms with E-state index in [0.29, 0.717) is 13.2 Å². The molecule has 0 heterocycles. The third-order valence-corrected chi connectivity index (χ3v) is 1.16. The quantitative estimate of drug-likeness (QED) is 0.267. The van der Waals surface area contributed by atoms with E-state index in [0.717, 1.165) is 5.57 Å². The molecule has 0 aliphatic heterocycles. The first-order valence-corrected chi connectivity index (χ1v) is 4.31. The topological polar surface area (TPSA) is 47.9 Å². The second-order valence-electron chi connectivity index (χ2n) is 2.82. The van der Waals surface area contributed by atoms with Crippen LogP contribution >= 0.6 is 0 Å². The van der Waals surface area contributed by atoms with Crippen LogP contribution in [0.2, 0.25) is 0 Å². The fourth-order valence-corrected chi connectivity index (χ4v) is 0.571. The van der Waals surface area contributed by atoms with Gasteiger partial charge in [0.2, 0.25) is 0 Å². The van der Waals surface area contributed by atoms with Gasteiger partial charge in [0.15, 0.2) is 0 Å². The molecule has 0 fully saturated rings.